The van der Waals surface area contributed by atoms with Crippen molar-refractivity contribution < 1.29 is 19.4 Å². The van der Waals surface area contributed by atoms with Crippen molar-refractivity contribution in [2.45, 2.75) is 18.4 Å². The number of aliphatic hydroxyl groups is 1. The molecule has 4 nitrogen and oxygen atoms in total. The number of hydrogen-bond acceptors (Lipinski definition) is 4. The van der Waals surface area contributed by atoms with E-state index in [-0.39, 0.29) is 13.2 Å². The van der Waals surface area contributed by atoms with E-state index in [1.807, 2.05) is 0 Å². The standard InChI is InChI=1S/C15H16O4/c16-11-13-5-1-2-6-14(13)19-10-4-8-15(17)7-3-9-18-12-15/h1-2,5-6,11,17H,3,7,9-10,12H2. The van der Waals surface area contributed by atoms with E-state index in [0.29, 0.717) is 24.3 Å². The minimum atomic E-state index is -1.06. The normalized spacial score (nSPS) is 22.2. The Bertz CT molecular complexity index is 492. The molecule has 1 aromatic carbocycles. The average molecular weight is 260 g/mol. The van der Waals surface area contributed by atoms with E-state index in [1.165, 1.54) is 0 Å². The first-order valence-corrected chi connectivity index (χ1v) is 6.21. The number of benzene rings is 1. The maximum absolute atomic E-state index is 10.8. The molecule has 0 radical (unpaired) electrons. The Morgan fingerprint density at radius 1 is 1.47 bits per heavy atom. The van der Waals surface area contributed by atoms with Crippen molar-refractivity contribution in [3.8, 4) is 17.6 Å². The van der Waals surface area contributed by atoms with Gasteiger partial charge in [-0.3, -0.25) is 4.79 Å². The summed E-state index contributed by atoms with van der Waals surface area (Å²) >= 11 is 0. The van der Waals surface area contributed by atoms with Gasteiger partial charge in [0, 0.05) is 6.61 Å². The van der Waals surface area contributed by atoms with Gasteiger partial charge in [0.1, 0.15) is 18.0 Å². The SMILES string of the molecule is O=Cc1ccccc1OCC#CC1(O)CCCOC1. The van der Waals surface area contributed by atoms with E-state index in [9.17, 15) is 9.90 Å². The highest BCUT2D eigenvalue weighted by Crippen LogP contribution is 2.18. The Labute approximate surface area is 112 Å². The van der Waals surface area contributed by atoms with Gasteiger partial charge < -0.3 is 14.6 Å². The molecule has 1 aliphatic rings. The molecule has 0 aliphatic carbocycles. The van der Waals surface area contributed by atoms with Crippen LogP contribution in [-0.4, -0.2) is 36.8 Å². The van der Waals surface area contributed by atoms with Crippen molar-refractivity contribution in [3.63, 3.8) is 0 Å². The molecule has 100 valence electrons. The molecule has 1 heterocycles. The predicted octanol–water partition coefficient (Wildman–Crippen LogP) is 1.42. The number of aldehydes is 1. The zero-order valence-corrected chi connectivity index (χ0v) is 10.6. The number of carbonyl (C=O) groups excluding carboxylic acids is 1. The van der Waals surface area contributed by atoms with Crippen LogP contribution in [0.3, 0.4) is 0 Å². The molecule has 0 aromatic heterocycles. The van der Waals surface area contributed by atoms with Crippen LogP contribution in [0.25, 0.3) is 0 Å². The minimum Gasteiger partial charge on any atom is -0.480 e. The summed E-state index contributed by atoms with van der Waals surface area (Å²) in [5.74, 6) is 6.05. The molecule has 2 rings (SSSR count). The van der Waals surface area contributed by atoms with Crippen LogP contribution in [0.2, 0.25) is 0 Å². The molecule has 1 unspecified atom stereocenters. The number of rotatable bonds is 3. The lowest BCUT2D eigenvalue weighted by Gasteiger charge is -2.26. The van der Waals surface area contributed by atoms with E-state index >= 15 is 0 Å². The summed E-state index contributed by atoms with van der Waals surface area (Å²) in [4.78, 5) is 10.8. The Hall–Kier alpha value is -1.83. The quantitative estimate of drug-likeness (QED) is 0.659. The number of ether oxygens (including phenoxy) is 2. The minimum absolute atomic E-state index is 0.132. The van der Waals surface area contributed by atoms with Crippen molar-refractivity contribution in [1.29, 1.82) is 0 Å². The van der Waals surface area contributed by atoms with E-state index < -0.39 is 5.60 Å². The molecule has 19 heavy (non-hydrogen) atoms. The molecular formula is C15H16O4. The Morgan fingerprint density at radius 3 is 3.05 bits per heavy atom. The molecule has 0 spiro atoms. The highest BCUT2D eigenvalue weighted by molar-refractivity contribution is 5.79. The lowest BCUT2D eigenvalue weighted by atomic mass is 9.98. The van der Waals surface area contributed by atoms with Gasteiger partial charge in [-0.2, -0.15) is 0 Å². The van der Waals surface area contributed by atoms with E-state index in [4.69, 9.17) is 9.47 Å². The second kappa shape index (κ2) is 6.37. The van der Waals surface area contributed by atoms with Crippen LogP contribution in [0, 0.1) is 11.8 Å². The Kier molecular flexibility index (Phi) is 4.56. The van der Waals surface area contributed by atoms with Gasteiger partial charge in [0.25, 0.3) is 0 Å². The van der Waals surface area contributed by atoms with Crippen molar-refractivity contribution in [1.82, 2.24) is 0 Å². The van der Waals surface area contributed by atoms with Gasteiger partial charge in [-0.15, -0.1) is 0 Å². The van der Waals surface area contributed by atoms with Gasteiger partial charge in [0.15, 0.2) is 6.29 Å². The van der Waals surface area contributed by atoms with Crippen LogP contribution < -0.4 is 4.74 Å². The molecule has 1 aliphatic heterocycles. The zero-order chi connectivity index (χ0) is 13.6. The average Bonchev–Trinajstić information content (AvgIpc) is 2.45. The van der Waals surface area contributed by atoms with Gasteiger partial charge in [-0.1, -0.05) is 24.0 Å². The molecule has 1 fully saturated rings. The first kappa shape index (κ1) is 13.6. The van der Waals surface area contributed by atoms with Gasteiger partial charge >= 0.3 is 0 Å². The summed E-state index contributed by atoms with van der Waals surface area (Å²) in [5.41, 5.74) is -0.574. The Balaban J connectivity index is 1.91. The van der Waals surface area contributed by atoms with Crippen molar-refractivity contribution in [2.75, 3.05) is 19.8 Å². The molecule has 0 bridgehead atoms. The monoisotopic (exact) mass is 260 g/mol. The van der Waals surface area contributed by atoms with Crippen LogP contribution in [0.4, 0.5) is 0 Å². The summed E-state index contributed by atoms with van der Waals surface area (Å²) in [6.07, 6.45) is 2.16. The predicted molar refractivity (Wildman–Crippen MR) is 70.1 cm³/mol. The maximum atomic E-state index is 10.8. The molecule has 4 heteroatoms. The van der Waals surface area contributed by atoms with Crippen LogP contribution in [0.15, 0.2) is 24.3 Å². The highest BCUT2D eigenvalue weighted by atomic mass is 16.5. The van der Waals surface area contributed by atoms with Gasteiger partial charge in [-0.25, -0.2) is 0 Å². The molecular weight excluding hydrogens is 244 g/mol. The second-order valence-corrected chi connectivity index (χ2v) is 4.43. The fraction of sp³-hybridized carbons (Fsp3) is 0.400. The highest BCUT2D eigenvalue weighted by Gasteiger charge is 2.27. The van der Waals surface area contributed by atoms with E-state index in [0.717, 1.165) is 12.7 Å². The largest absolute Gasteiger partial charge is 0.480 e. The third kappa shape index (κ3) is 3.82. The topological polar surface area (TPSA) is 55.8 Å². The molecule has 0 saturated carbocycles. The first-order chi connectivity index (χ1) is 9.23. The van der Waals surface area contributed by atoms with Crippen LogP contribution in [0.1, 0.15) is 23.2 Å². The third-order valence-corrected chi connectivity index (χ3v) is 2.89. The molecule has 1 aromatic rings. The molecule has 0 amide bonds. The lowest BCUT2D eigenvalue weighted by molar-refractivity contribution is -0.0481. The third-order valence-electron chi connectivity index (χ3n) is 2.89. The summed E-state index contributed by atoms with van der Waals surface area (Å²) in [6.45, 7) is 1.05. The Morgan fingerprint density at radius 2 is 2.32 bits per heavy atom. The molecule has 1 atom stereocenters. The maximum Gasteiger partial charge on any atom is 0.153 e. The van der Waals surface area contributed by atoms with Gasteiger partial charge in [0.05, 0.1) is 12.2 Å². The van der Waals surface area contributed by atoms with Gasteiger partial charge in [-0.05, 0) is 25.0 Å². The van der Waals surface area contributed by atoms with Crippen molar-refractivity contribution in [2.24, 2.45) is 0 Å². The second-order valence-electron chi connectivity index (χ2n) is 4.43. The summed E-state index contributed by atoms with van der Waals surface area (Å²) in [5, 5.41) is 10.1. The van der Waals surface area contributed by atoms with Crippen molar-refractivity contribution in [3.05, 3.63) is 29.8 Å². The smallest absolute Gasteiger partial charge is 0.153 e. The fourth-order valence-corrected chi connectivity index (χ4v) is 1.90. The van der Waals surface area contributed by atoms with E-state index in [1.54, 1.807) is 24.3 Å². The van der Waals surface area contributed by atoms with Crippen LogP contribution in [-0.2, 0) is 4.74 Å². The lowest BCUT2D eigenvalue weighted by Crippen LogP contribution is -2.37. The van der Waals surface area contributed by atoms with E-state index in [2.05, 4.69) is 11.8 Å². The molecule has 1 N–H and O–H groups in total. The summed E-state index contributed by atoms with van der Waals surface area (Å²) < 4.78 is 10.6. The molecule has 1 saturated heterocycles. The van der Waals surface area contributed by atoms with Gasteiger partial charge in [0.2, 0.25) is 0 Å². The number of carbonyl (C=O) groups is 1. The fourth-order valence-electron chi connectivity index (χ4n) is 1.90. The van der Waals surface area contributed by atoms with Crippen molar-refractivity contribution >= 4 is 6.29 Å². The van der Waals surface area contributed by atoms with Crippen LogP contribution in [0.5, 0.6) is 5.75 Å². The number of hydrogen-bond donors (Lipinski definition) is 1. The zero-order valence-electron chi connectivity index (χ0n) is 10.6. The van der Waals surface area contributed by atoms with Crippen LogP contribution >= 0.6 is 0 Å². The summed E-state index contributed by atoms with van der Waals surface area (Å²) in [6, 6.07) is 6.95. The first-order valence-electron chi connectivity index (χ1n) is 6.21. The number of para-hydroxylation sites is 1. The summed E-state index contributed by atoms with van der Waals surface area (Å²) in [7, 11) is 0.